The molecule has 0 radical (unpaired) electrons. The summed E-state index contributed by atoms with van der Waals surface area (Å²) in [7, 11) is 0. The number of benzene rings is 3. The van der Waals surface area contributed by atoms with Gasteiger partial charge in [-0.2, -0.15) is 0 Å². The largest absolute Gasteiger partial charge is 0.352 e. The van der Waals surface area contributed by atoms with Crippen LogP contribution in [0.25, 0.3) is 0 Å². The number of amides is 3. The van der Waals surface area contributed by atoms with Gasteiger partial charge in [-0.05, 0) is 66.6 Å². The zero-order valence-corrected chi connectivity index (χ0v) is 18.1. The average molecular weight is 448 g/mol. The smallest absolute Gasteiger partial charge is 0.258 e. The molecule has 3 aromatic carbocycles. The maximum atomic E-state index is 12.9. The van der Waals surface area contributed by atoms with Gasteiger partial charge in [-0.25, -0.2) is 0 Å². The van der Waals surface area contributed by atoms with Gasteiger partial charge >= 0.3 is 0 Å². The molecule has 2 N–H and O–H groups in total. The third kappa shape index (κ3) is 4.98. The minimum Gasteiger partial charge on any atom is -0.352 e. The summed E-state index contributed by atoms with van der Waals surface area (Å²) in [5.74, 6) is -0.549. The molecule has 0 saturated heterocycles. The molecule has 1 aliphatic heterocycles. The highest BCUT2D eigenvalue weighted by molar-refractivity contribution is 6.30. The average Bonchev–Trinajstić information content (AvgIpc) is 3.24. The van der Waals surface area contributed by atoms with Crippen LogP contribution in [-0.2, 0) is 11.2 Å². The molecule has 0 spiro atoms. The lowest BCUT2D eigenvalue weighted by Crippen LogP contribution is -2.29. The van der Waals surface area contributed by atoms with Crippen molar-refractivity contribution >= 4 is 40.7 Å². The molecule has 0 saturated carbocycles. The van der Waals surface area contributed by atoms with E-state index in [1.165, 1.54) is 5.56 Å². The number of rotatable bonds is 6. The molecule has 0 bridgehead atoms. The first-order chi connectivity index (χ1) is 15.5. The van der Waals surface area contributed by atoms with Gasteiger partial charge in [0.25, 0.3) is 11.8 Å². The second-order valence-corrected chi connectivity index (χ2v) is 7.91. The van der Waals surface area contributed by atoms with Crippen molar-refractivity contribution in [2.45, 2.75) is 12.8 Å². The van der Waals surface area contributed by atoms with Crippen molar-refractivity contribution in [1.29, 1.82) is 0 Å². The Morgan fingerprint density at radius 2 is 1.56 bits per heavy atom. The number of halogens is 1. The van der Waals surface area contributed by atoms with Crippen LogP contribution in [0, 0.1) is 0 Å². The zero-order chi connectivity index (χ0) is 22.5. The molecule has 4 rings (SSSR count). The minimum absolute atomic E-state index is 0.0576. The van der Waals surface area contributed by atoms with E-state index in [0.717, 1.165) is 12.1 Å². The Morgan fingerprint density at radius 1 is 0.875 bits per heavy atom. The first-order valence-electron chi connectivity index (χ1n) is 10.3. The van der Waals surface area contributed by atoms with Gasteiger partial charge in [0.15, 0.2) is 0 Å². The third-order valence-electron chi connectivity index (χ3n) is 5.29. The molecule has 162 valence electrons. The van der Waals surface area contributed by atoms with Crippen LogP contribution < -0.4 is 15.5 Å². The lowest BCUT2D eigenvalue weighted by molar-refractivity contribution is -0.116. The number of nitrogens with zero attached hydrogens (tertiary/aromatic N) is 1. The molecule has 0 atom stereocenters. The zero-order valence-electron chi connectivity index (χ0n) is 17.3. The van der Waals surface area contributed by atoms with Gasteiger partial charge in [-0.15, -0.1) is 0 Å². The van der Waals surface area contributed by atoms with E-state index in [9.17, 15) is 14.4 Å². The Balaban J connectivity index is 1.27. The van der Waals surface area contributed by atoms with E-state index in [-0.39, 0.29) is 30.7 Å². The fraction of sp³-hybridized carbons (Fsp3) is 0.160. The van der Waals surface area contributed by atoms with Crippen LogP contribution in [0.1, 0.15) is 32.7 Å². The molecule has 0 aromatic heterocycles. The van der Waals surface area contributed by atoms with Crippen molar-refractivity contribution in [3.63, 3.8) is 0 Å². The van der Waals surface area contributed by atoms with E-state index in [0.29, 0.717) is 28.4 Å². The quantitative estimate of drug-likeness (QED) is 0.591. The van der Waals surface area contributed by atoms with Crippen molar-refractivity contribution in [3.05, 3.63) is 94.5 Å². The van der Waals surface area contributed by atoms with E-state index in [1.807, 2.05) is 24.3 Å². The van der Waals surface area contributed by atoms with Crippen LogP contribution in [0.5, 0.6) is 0 Å². The third-order valence-corrected chi connectivity index (χ3v) is 5.54. The van der Waals surface area contributed by atoms with Crippen molar-refractivity contribution in [1.82, 2.24) is 5.32 Å². The molecule has 1 aliphatic rings. The molecule has 0 aliphatic carbocycles. The second-order valence-electron chi connectivity index (χ2n) is 7.47. The van der Waals surface area contributed by atoms with Crippen LogP contribution >= 0.6 is 11.6 Å². The Morgan fingerprint density at radius 3 is 2.31 bits per heavy atom. The number of nitrogens with one attached hydrogen (secondary N) is 2. The molecular formula is C25H22ClN3O3. The second kappa shape index (κ2) is 9.66. The molecule has 0 unspecified atom stereocenters. The summed E-state index contributed by atoms with van der Waals surface area (Å²) in [6, 6.07) is 21.3. The standard InChI is InChI=1S/C25H22ClN3O3/c26-20-9-5-18(6-10-20)24(31)27-15-13-23(30)28-21-11-7-19(8-12-21)25(32)29-16-14-17-3-1-2-4-22(17)29/h1-12H,13-16H2,(H,27,31)(H,28,30). The molecule has 7 heteroatoms. The number of anilines is 2. The number of hydrogen-bond acceptors (Lipinski definition) is 3. The van der Waals surface area contributed by atoms with Crippen LogP contribution in [0.2, 0.25) is 5.02 Å². The highest BCUT2D eigenvalue weighted by Crippen LogP contribution is 2.29. The summed E-state index contributed by atoms with van der Waals surface area (Å²) in [5, 5.41) is 6.04. The summed E-state index contributed by atoms with van der Waals surface area (Å²) >= 11 is 5.81. The summed E-state index contributed by atoms with van der Waals surface area (Å²) in [4.78, 5) is 38.9. The molecule has 3 amide bonds. The fourth-order valence-electron chi connectivity index (χ4n) is 3.62. The van der Waals surface area contributed by atoms with Gasteiger partial charge in [0.05, 0.1) is 0 Å². The minimum atomic E-state index is -0.263. The monoisotopic (exact) mass is 447 g/mol. The maximum absolute atomic E-state index is 12.9. The predicted octanol–water partition coefficient (Wildman–Crippen LogP) is 4.30. The summed E-state index contributed by atoms with van der Waals surface area (Å²) in [5.41, 5.74) is 3.77. The van der Waals surface area contributed by atoms with Crippen LogP contribution in [0.4, 0.5) is 11.4 Å². The predicted molar refractivity (Wildman–Crippen MR) is 125 cm³/mol. The lowest BCUT2D eigenvalue weighted by Gasteiger charge is -2.17. The van der Waals surface area contributed by atoms with Crippen LogP contribution in [0.15, 0.2) is 72.8 Å². The van der Waals surface area contributed by atoms with Gasteiger partial charge in [0, 0.05) is 47.0 Å². The Labute approximate surface area is 191 Å². The summed E-state index contributed by atoms with van der Waals surface area (Å²) in [6.45, 7) is 0.872. The topological polar surface area (TPSA) is 78.5 Å². The molecule has 3 aromatic rings. The molecular weight excluding hydrogens is 426 g/mol. The van der Waals surface area contributed by atoms with E-state index < -0.39 is 0 Å². The fourth-order valence-corrected chi connectivity index (χ4v) is 3.74. The summed E-state index contributed by atoms with van der Waals surface area (Å²) < 4.78 is 0. The van der Waals surface area contributed by atoms with Crippen LogP contribution in [0.3, 0.4) is 0 Å². The van der Waals surface area contributed by atoms with E-state index in [1.54, 1.807) is 53.4 Å². The van der Waals surface area contributed by atoms with Crippen molar-refractivity contribution in [2.75, 3.05) is 23.3 Å². The van der Waals surface area contributed by atoms with Crippen molar-refractivity contribution in [2.24, 2.45) is 0 Å². The number of carbonyl (C=O) groups is 3. The Hall–Kier alpha value is -3.64. The molecule has 1 heterocycles. The number of fused-ring (bicyclic) bond motifs is 1. The van der Waals surface area contributed by atoms with Gasteiger partial charge in [0.1, 0.15) is 0 Å². The lowest BCUT2D eigenvalue weighted by atomic mass is 10.1. The molecule has 32 heavy (non-hydrogen) atoms. The number of carbonyl (C=O) groups excluding carboxylic acids is 3. The van der Waals surface area contributed by atoms with Gasteiger partial charge in [-0.3, -0.25) is 14.4 Å². The van der Waals surface area contributed by atoms with Gasteiger partial charge in [0.2, 0.25) is 5.91 Å². The molecule has 6 nitrogen and oxygen atoms in total. The number of hydrogen-bond donors (Lipinski definition) is 2. The van der Waals surface area contributed by atoms with Gasteiger partial charge < -0.3 is 15.5 Å². The van der Waals surface area contributed by atoms with Crippen molar-refractivity contribution in [3.8, 4) is 0 Å². The highest BCUT2D eigenvalue weighted by Gasteiger charge is 2.25. The Kier molecular flexibility index (Phi) is 6.52. The SMILES string of the molecule is O=C(CCNC(=O)c1ccc(Cl)cc1)Nc1ccc(C(=O)N2CCc3ccccc32)cc1. The normalized spacial score (nSPS) is 12.2. The number of para-hydroxylation sites is 1. The first kappa shape index (κ1) is 21.6. The van der Waals surface area contributed by atoms with E-state index in [2.05, 4.69) is 10.6 Å². The van der Waals surface area contributed by atoms with E-state index >= 15 is 0 Å². The Bertz CT molecular complexity index is 1140. The first-order valence-corrected chi connectivity index (χ1v) is 10.7. The van der Waals surface area contributed by atoms with E-state index in [4.69, 9.17) is 11.6 Å². The maximum Gasteiger partial charge on any atom is 0.258 e. The van der Waals surface area contributed by atoms with Crippen LogP contribution in [-0.4, -0.2) is 30.8 Å². The van der Waals surface area contributed by atoms with Gasteiger partial charge in [-0.1, -0.05) is 29.8 Å². The van der Waals surface area contributed by atoms with Crippen molar-refractivity contribution < 1.29 is 14.4 Å². The highest BCUT2D eigenvalue weighted by atomic mass is 35.5. The molecule has 0 fully saturated rings. The summed E-state index contributed by atoms with van der Waals surface area (Å²) in [6.07, 6.45) is 0.981.